The second kappa shape index (κ2) is 54.9. The fraction of sp³-hybridized carbons (Fsp3) is 0.301. The number of nitrogen functional groups attached to an aromatic ring is 1. The Bertz CT molecular complexity index is 7280. The van der Waals surface area contributed by atoms with Gasteiger partial charge in [-0.2, -0.15) is 13.2 Å². The van der Waals surface area contributed by atoms with Crippen molar-refractivity contribution in [3.05, 3.63) is 319 Å². The molecule has 0 aliphatic carbocycles. The maximum Gasteiger partial charge on any atom is 0.419 e. The van der Waals surface area contributed by atoms with Crippen LogP contribution in [0.5, 0.6) is 0 Å². The van der Waals surface area contributed by atoms with E-state index in [2.05, 4.69) is 138 Å². The van der Waals surface area contributed by atoms with Crippen LogP contribution in [0.4, 0.5) is 32.6 Å². The van der Waals surface area contributed by atoms with Gasteiger partial charge in [0.1, 0.15) is 38.0 Å². The number of ether oxygens (including phenoxy) is 2. The van der Waals surface area contributed by atoms with Crippen LogP contribution in [0.15, 0.2) is 263 Å². The van der Waals surface area contributed by atoms with Gasteiger partial charge in [0.15, 0.2) is 6.29 Å². The molecule has 0 radical (unpaired) electrons. The standard InChI is InChI=1S/C27H23F4NO4S2.C19H19NO4S2.C12H12O2S.C12H12OS.C11H13NS.C11H14OS.C11H12S.C5H9BrO.C5H10O/c1-16(2)24-20-6-4-5-7-23(20)37-25(24)32(15-17-8-13-22(28)21(14-17)27(29,30)31)38(34,35)19-11-9-18(10-12-19)26(33)36-3;1-12(2)17-15-6-4-5-7-16(15)25-18(17)20-26(22,23)14-10-8-13(9-11-14)19(21)24-3;1-7(2)10-8-5-3-4-6-9(8)15-11(10)12(13)14;1-8(2)12-9-5-3-4-6-10(9)14-11(12)7-13;1-7(2)10-8-5-3-4-6-9(8)13-11(10)12;1-9(2)11(12)8-13-10-6-4-3-5-7-10;1-8(2)10-7-12-11-6-4-3-5-9(10)11;1-4(2)5(7)3-6;1-4(2)5(3)6/h4-14,16H,15H2,1-3H3;4-12,20H,1-3H3;3-7H,1-2H3,(H,13,14);3-8H,1-2H3;3-7H,12H2,1-2H3;3-7,9H,8H2,1-2H3;3-8H,1-2H3;4H,3H2,1-2H3;4H,1-3H3. The number of carboxylic acid groups (broad SMARTS) is 1. The van der Waals surface area contributed by atoms with Crippen molar-refractivity contribution in [3.63, 3.8) is 0 Å². The molecule has 764 valence electrons. The Morgan fingerprint density at radius 3 is 1.30 bits per heavy atom. The molecule has 17 nitrogen and oxygen atoms in total. The normalized spacial score (nSPS) is 11.3. The topological polar surface area (TPSA) is 268 Å². The Labute approximate surface area is 879 Å². The Kier molecular flexibility index (Phi) is 45.0. The van der Waals surface area contributed by atoms with Crippen LogP contribution in [-0.4, -0.2) is 88.8 Å². The number of esters is 2. The molecule has 0 spiro atoms. The number of thiophene rings is 6. The summed E-state index contributed by atoms with van der Waals surface area (Å²) in [6, 6.07) is 71.5. The largest absolute Gasteiger partial charge is 0.477 e. The number of halogens is 5. The summed E-state index contributed by atoms with van der Waals surface area (Å²) in [5, 5.41) is 20.8. The zero-order valence-electron chi connectivity index (χ0n) is 84.4. The number of carbonyl (C=O) groups is 7. The third kappa shape index (κ3) is 32.0. The molecule has 0 fully saturated rings. The number of nitrogens with zero attached hydrogens (tertiary/aromatic N) is 1. The number of carboxylic acids is 1. The first-order chi connectivity index (χ1) is 68.0. The molecule has 0 amide bonds. The zero-order chi connectivity index (χ0) is 107. The average molecular weight is 2190 g/mol. The van der Waals surface area contributed by atoms with Gasteiger partial charge in [0, 0.05) is 50.8 Å². The number of rotatable bonds is 25. The summed E-state index contributed by atoms with van der Waals surface area (Å²) in [4.78, 5) is 79.7. The van der Waals surface area contributed by atoms with Crippen LogP contribution in [0.25, 0.3) is 60.5 Å². The van der Waals surface area contributed by atoms with Crippen LogP contribution in [0.3, 0.4) is 0 Å². The molecule has 144 heavy (non-hydrogen) atoms. The van der Waals surface area contributed by atoms with Crippen molar-refractivity contribution >= 4 is 233 Å². The number of nitrogens with one attached hydrogen (secondary N) is 1. The van der Waals surface area contributed by atoms with Crippen LogP contribution in [0.1, 0.15) is 252 Å². The minimum Gasteiger partial charge on any atom is -0.477 e. The monoisotopic (exact) mass is 2190 g/mol. The lowest BCUT2D eigenvalue weighted by atomic mass is 9.99. The van der Waals surface area contributed by atoms with Gasteiger partial charge in [-0.3, -0.25) is 28.2 Å². The van der Waals surface area contributed by atoms with Gasteiger partial charge >= 0.3 is 24.1 Å². The van der Waals surface area contributed by atoms with Crippen LogP contribution >= 0.6 is 95.7 Å². The van der Waals surface area contributed by atoms with Gasteiger partial charge in [-0.05, 0) is 228 Å². The lowest BCUT2D eigenvalue weighted by Crippen LogP contribution is -2.31. The number of Topliss-reactive ketones (excluding diaryl/α,β-unsaturated/α-hetero) is 3. The first-order valence-electron chi connectivity index (χ1n) is 46.6. The van der Waals surface area contributed by atoms with E-state index >= 15 is 0 Å². The molecule has 0 saturated heterocycles. The maximum absolute atomic E-state index is 14.0. The van der Waals surface area contributed by atoms with Crippen LogP contribution in [-0.2, 0) is 56.6 Å². The number of carbonyl (C=O) groups excluding carboxylic acids is 6. The lowest BCUT2D eigenvalue weighted by Gasteiger charge is -2.26. The van der Waals surface area contributed by atoms with E-state index in [1.54, 1.807) is 41.4 Å². The van der Waals surface area contributed by atoms with Crippen LogP contribution in [0.2, 0.25) is 0 Å². The molecule has 4 N–H and O–H groups in total. The van der Waals surface area contributed by atoms with Gasteiger partial charge in [-0.1, -0.05) is 274 Å². The molecular weight excluding hydrogens is 2070 g/mol. The van der Waals surface area contributed by atoms with Crippen molar-refractivity contribution in [2.45, 2.75) is 194 Å². The molecule has 0 aliphatic rings. The summed E-state index contributed by atoms with van der Waals surface area (Å²) >= 11 is 13.8. The quantitative estimate of drug-likeness (QED) is 0.0158. The number of fused-ring (bicyclic) bond motifs is 6. The molecule has 31 heteroatoms. The number of aromatic carboxylic acids is 1. The van der Waals surface area contributed by atoms with E-state index in [-0.39, 0.29) is 68.0 Å². The third-order valence-electron chi connectivity index (χ3n) is 22.5. The van der Waals surface area contributed by atoms with Gasteiger partial charge in [0.05, 0.1) is 68.2 Å². The molecule has 16 rings (SSSR count). The number of thioether (sulfide) groups is 1. The predicted molar refractivity (Wildman–Crippen MR) is 600 cm³/mol. The van der Waals surface area contributed by atoms with E-state index in [0.717, 1.165) is 78.4 Å². The summed E-state index contributed by atoms with van der Waals surface area (Å²) in [7, 11) is -5.63. The summed E-state index contributed by atoms with van der Waals surface area (Å²) in [5.74, 6) is 0.391. The van der Waals surface area contributed by atoms with E-state index in [9.17, 15) is 68.0 Å². The van der Waals surface area contributed by atoms with Gasteiger partial charge < -0.3 is 20.3 Å². The van der Waals surface area contributed by atoms with Crippen molar-refractivity contribution in [2.75, 3.05) is 40.1 Å². The van der Waals surface area contributed by atoms with Crippen molar-refractivity contribution in [1.29, 1.82) is 0 Å². The molecule has 0 atom stereocenters. The minimum absolute atomic E-state index is 0.0411. The first-order valence-corrected chi connectivity index (χ1v) is 56.6. The fourth-order valence-electron chi connectivity index (χ4n) is 14.6. The molecule has 6 aromatic heterocycles. The summed E-state index contributed by atoms with van der Waals surface area (Å²) in [6.45, 7) is 37.6. The van der Waals surface area contributed by atoms with Gasteiger partial charge in [0.25, 0.3) is 20.0 Å². The highest BCUT2D eigenvalue weighted by molar-refractivity contribution is 9.09. The van der Waals surface area contributed by atoms with E-state index in [0.29, 0.717) is 67.2 Å². The summed E-state index contributed by atoms with van der Waals surface area (Å²) in [5.41, 5.74) is 11.5. The number of sulfonamides is 2. The molecule has 0 bridgehead atoms. The number of aldehydes is 1. The van der Waals surface area contributed by atoms with Crippen molar-refractivity contribution in [1.82, 2.24) is 0 Å². The van der Waals surface area contributed by atoms with Crippen molar-refractivity contribution in [2.24, 2.45) is 17.8 Å². The van der Waals surface area contributed by atoms with E-state index < -0.39 is 62.1 Å². The predicted octanol–water partition coefficient (Wildman–Crippen LogP) is 33.0. The van der Waals surface area contributed by atoms with E-state index in [1.807, 2.05) is 210 Å². The van der Waals surface area contributed by atoms with E-state index in [4.69, 9.17) is 10.8 Å². The van der Waals surface area contributed by atoms with E-state index in [1.165, 1.54) is 144 Å². The summed E-state index contributed by atoms with van der Waals surface area (Å²) in [6.07, 6.45) is -3.98. The number of alkyl halides is 4. The number of methoxy groups -OCH3 is 2. The maximum atomic E-state index is 14.0. The molecule has 16 aromatic rings. The van der Waals surface area contributed by atoms with Gasteiger partial charge in [0.2, 0.25) is 0 Å². The fourth-order valence-corrected chi connectivity index (χ4v) is 26.5. The first kappa shape index (κ1) is 118. The highest BCUT2D eigenvalue weighted by Gasteiger charge is 2.37. The number of ketones is 3. The van der Waals surface area contributed by atoms with Gasteiger partial charge in [-0.25, -0.2) is 35.6 Å². The number of nitrogens with two attached hydrogens (primary N) is 1. The number of hydrogen-bond donors (Lipinski definition) is 3. The smallest absolute Gasteiger partial charge is 0.419 e. The minimum atomic E-state index is -4.95. The van der Waals surface area contributed by atoms with Crippen molar-refractivity contribution < 1.29 is 82.5 Å². The SMILES string of the molecule is CC(=O)C(C)C.CC(C)C(=O)CBr.CC(C)C(=O)CSc1ccccc1.CC(C)c1c(C(=O)O)sc2ccccc12.CC(C)c1c(C=O)sc2ccccc12.CC(C)c1c(N)sc2ccccc12.CC(C)c1csc2ccccc12.COC(=O)c1ccc(S(=O)(=O)N(Cc2ccc(F)c(C(F)(F)F)c2)c2sc3ccccc3c2C(C)C)cc1.COC(=O)c1ccc(S(=O)(=O)Nc2sc3ccccc3c2C(C)C)cc1. The molecule has 0 saturated carbocycles. The van der Waals surface area contributed by atoms with Gasteiger partial charge in [-0.15, -0.1) is 79.8 Å². The highest BCUT2D eigenvalue weighted by Crippen LogP contribution is 2.47. The number of benzene rings is 10. The Morgan fingerprint density at radius 2 is 0.875 bits per heavy atom. The molecule has 6 heterocycles. The third-order valence-corrected chi connectivity index (χ3v) is 34.0. The zero-order valence-corrected chi connectivity index (χ0v) is 93.3. The lowest BCUT2D eigenvalue weighted by molar-refractivity contribution is -0.140. The number of anilines is 3. The summed E-state index contributed by atoms with van der Waals surface area (Å²) < 4.78 is 128. The van der Waals surface area contributed by atoms with Crippen LogP contribution in [0, 0.1) is 23.6 Å². The molecular formula is C113H124BrF4N3O14S9. The second-order valence-electron chi connectivity index (χ2n) is 36.0. The van der Waals surface area contributed by atoms with Crippen LogP contribution < -0.4 is 14.8 Å². The number of hydrogen-bond acceptors (Lipinski definition) is 21. The molecule has 10 aromatic carbocycles. The average Bonchev–Trinajstić information content (AvgIpc) is 1.59. The second-order valence-corrected chi connectivity index (χ2v) is 47.4. The Morgan fingerprint density at radius 1 is 0.472 bits per heavy atom. The Balaban J connectivity index is 0.000000209. The molecule has 0 aliphatic heterocycles. The highest BCUT2D eigenvalue weighted by atomic mass is 79.9. The van der Waals surface area contributed by atoms with Crippen molar-refractivity contribution in [3.8, 4) is 0 Å². The molecule has 0 unspecified atom stereocenters. The Hall–Kier alpha value is -11.1.